The summed E-state index contributed by atoms with van der Waals surface area (Å²) >= 11 is 1.83. The lowest BCUT2D eigenvalue weighted by molar-refractivity contribution is 0.325. The Morgan fingerprint density at radius 1 is 1.21 bits per heavy atom. The minimum atomic E-state index is 0.981. The monoisotopic (exact) mass is 275 g/mol. The van der Waals surface area contributed by atoms with Gasteiger partial charge >= 0.3 is 0 Å². The molecule has 0 saturated heterocycles. The van der Waals surface area contributed by atoms with Crippen molar-refractivity contribution in [2.24, 2.45) is 0 Å². The maximum absolute atomic E-state index is 4.03. The summed E-state index contributed by atoms with van der Waals surface area (Å²) in [5, 5.41) is 5.63. The zero-order valence-corrected chi connectivity index (χ0v) is 12.2. The minimum Gasteiger partial charge on any atom is -0.315 e. The number of thiophene rings is 1. The molecule has 0 bridgehead atoms. The molecule has 0 saturated carbocycles. The number of rotatable bonds is 8. The van der Waals surface area contributed by atoms with Crippen LogP contribution < -0.4 is 5.32 Å². The van der Waals surface area contributed by atoms with Crippen LogP contribution in [0.25, 0.3) is 0 Å². The van der Waals surface area contributed by atoms with Gasteiger partial charge in [-0.05, 0) is 42.6 Å². The summed E-state index contributed by atoms with van der Waals surface area (Å²) in [5.41, 5.74) is 1.32. The Balaban J connectivity index is 1.55. The predicted octanol–water partition coefficient (Wildman–Crippen LogP) is 2.41. The van der Waals surface area contributed by atoms with Crippen molar-refractivity contribution in [3.63, 3.8) is 0 Å². The summed E-state index contributed by atoms with van der Waals surface area (Å²) in [6, 6.07) is 8.45. The van der Waals surface area contributed by atoms with E-state index in [1.54, 1.807) is 0 Å². The van der Waals surface area contributed by atoms with Gasteiger partial charge in [0.2, 0.25) is 0 Å². The van der Waals surface area contributed by atoms with Gasteiger partial charge in [-0.1, -0.05) is 6.07 Å². The molecular formula is C15H21N3S. The lowest BCUT2D eigenvalue weighted by Crippen LogP contribution is -2.30. The quantitative estimate of drug-likeness (QED) is 0.750. The number of nitrogens with zero attached hydrogens (tertiary/aromatic N) is 2. The average Bonchev–Trinajstić information content (AvgIpc) is 2.92. The molecule has 2 heterocycles. The molecule has 19 heavy (non-hydrogen) atoms. The smallest absolute Gasteiger partial charge is 0.0271 e. The molecule has 0 atom stereocenters. The van der Waals surface area contributed by atoms with Crippen molar-refractivity contribution in [1.29, 1.82) is 0 Å². The molecule has 102 valence electrons. The normalized spacial score (nSPS) is 11.1. The third-order valence-corrected chi connectivity index (χ3v) is 3.94. The van der Waals surface area contributed by atoms with Crippen molar-refractivity contribution in [1.82, 2.24) is 15.2 Å². The van der Waals surface area contributed by atoms with E-state index in [0.717, 1.165) is 32.6 Å². The minimum absolute atomic E-state index is 0.981. The van der Waals surface area contributed by atoms with E-state index in [0.29, 0.717) is 0 Å². The summed E-state index contributed by atoms with van der Waals surface area (Å²) in [4.78, 5) is 7.82. The van der Waals surface area contributed by atoms with Gasteiger partial charge < -0.3 is 10.2 Å². The molecule has 2 rings (SSSR count). The second kappa shape index (κ2) is 8.04. The SMILES string of the molecule is CN(CCNCCc1cccs1)Cc1ccncc1. The molecule has 0 unspecified atom stereocenters. The molecule has 1 N–H and O–H groups in total. The molecule has 0 fully saturated rings. The molecule has 0 aromatic carbocycles. The highest BCUT2D eigenvalue weighted by molar-refractivity contribution is 7.09. The molecule has 0 spiro atoms. The Hall–Kier alpha value is -1.23. The van der Waals surface area contributed by atoms with Crippen molar-refractivity contribution < 1.29 is 0 Å². The number of aromatic nitrogens is 1. The van der Waals surface area contributed by atoms with Crippen LogP contribution >= 0.6 is 11.3 Å². The van der Waals surface area contributed by atoms with Gasteiger partial charge in [-0.2, -0.15) is 0 Å². The molecule has 0 aliphatic rings. The molecule has 0 amide bonds. The van der Waals surface area contributed by atoms with Gasteiger partial charge in [0.1, 0.15) is 0 Å². The van der Waals surface area contributed by atoms with Gasteiger partial charge in [0.05, 0.1) is 0 Å². The average molecular weight is 275 g/mol. The summed E-state index contributed by atoms with van der Waals surface area (Å²) < 4.78 is 0. The van der Waals surface area contributed by atoms with Gasteiger partial charge in [0, 0.05) is 43.4 Å². The van der Waals surface area contributed by atoms with E-state index in [1.807, 2.05) is 23.7 Å². The summed E-state index contributed by atoms with van der Waals surface area (Å²) in [6.07, 6.45) is 4.83. The van der Waals surface area contributed by atoms with E-state index >= 15 is 0 Å². The van der Waals surface area contributed by atoms with E-state index in [1.165, 1.54) is 10.4 Å². The molecule has 0 radical (unpaired) electrons. The Morgan fingerprint density at radius 2 is 2.05 bits per heavy atom. The van der Waals surface area contributed by atoms with Crippen molar-refractivity contribution in [2.45, 2.75) is 13.0 Å². The van der Waals surface area contributed by atoms with Crippen LogP contribution in [0.15, 0.2) is 42.0 Å². The van der Waals surface area contributed by atoms with Crippen molar-refractivity contribution >= 4 is 11.3 Å². The number of nitrogens with one attached hydrogen (secondary N) is 1. The van der Waals surface area contributed by atoms with Crippen LogP contribution in [0, 0.1) is 0 Å². The zero-order valence-electron chi connectivity index (χ0n) is 11.4. The molecule has 2 aromatic heterocycles. The fraction of sp³-hybridized carbons (Fsp3) is 0.400. The molecule has 0 aliphatic heterocycles. The van der Waals surface area contributed by atoms with E-state index < -0.39 is 0 Å². The van der Waals surface area contributed by atoms with Crippen LogP contribution in [0.4, 0.5) is 0 Å². The lowest BCUT2D eigenvalue weighted by Gasteiger charge is -2.16. The van der Waals surface area contributed by atoms with Gasteiger partial charge in [-0.25, -0.2) is 0 Å². The van der Waals surface area contributed by atoms with Crippen LogP contribution in [-0.2, 0) is 13.0 Å². The third kappa shape index (κ3) is 5.51. The maximum Gasteiger partial charge on any atom is 0.0271 e. The second-order valence-electron chi connectivity index (χ2n) is 4.67. The van der Waals surface area contributed by atoms with Gasteiger partial charge in [0.15, 0.2) is 0 Å². The van der Waals surface area contributed by atoms with Gasteiger partial charge in [0.25, 0.3) is 0 Å². The first-order valence-electron chi connectivity index (χ1n) is 6.65. The zero-order chi connectivity index (χ0) is 13.3. The highest BCUT2D eigenvalue weighted by Gasteiger charge is 1.99. The van der Waals surface area contributed by atoms with E-state index in [2.05, 4.69) is 51.9 Å². The Morgan fingerprint density at radius 3 is 2.79 bits per heavy atom. The molecule has 0 aliphatic carbocycles. The van der Waals surface area contributed by atoms with Crippen LogP contribution in [0.1, 0.15) is 10.4 Å². The first kappa shape index (κ1) is 14.2. The number of hydrogen-bond acceptors (Lipinski definition) is 4. The number of likely N-dealkylation sites (N-methyl/N-ethyl adjacent to an activating group) is 1. The first-order chi connectivity index (χ1) is 9.34. The van der Waals surface area contributed by atoms with Gasteiger partial charge in [-0.15, -0.1) is 11.3 Å². The van der Waals surface area contributed by atoms with Crippen LogP contribution in [0.5, 0.6) is 0 Å². The van der Waals surface area contributed by atoms with Crippen molar-refractivity contribution in [2.75, 3.05) is 26.7 Å². The molecular weight excluding hydrogens is 254 g/mol. The third-order valence-electron chi connectivity index (χ3n) is 3.00. The molecule has 3 nitrogen and oxygen atoms in total. The molecule has 4 heteroatoms. The highest BCUT2D eigenvalue weighted by atomic mass is 32.1. The predicted molar refractivity (Wildman–Crippen MR) is 81.5 cm³/mol. The lowest BCUT2D eigenvalue weighted by atomic mass is 10.2. The van der Waals surface area contributed by atoms with E-state index in [-0.39, 0.29) is 0 Å². The fourth-order valence-electron chi connectivity index (χ4n) is 1.94. The summed E-state index contributed by atoms with van der Waals surface area (Å²) in [5.74, 6) is 0. The van der Waals surface area contributed by atoms with Gasteiger partial charge in [-0.3, -0.25) is 4.98 Å². The fourth-order valence-corrected chi connectivity index (χ4v) is 2.65. The first-order valence-corrected chi connectivity index (χ1v) is 7.53. The van der Waals surface area contributed by atoms with E-state index in [9.17, 15) is 0 Å². The number of hydrogen-bond donors (Lipinski definition) is 1. The maximum atomic E-state index is 4.03. The highest BCUT2D eigenvalue weighted by Crippen LogP contribution is 2.07. The second-order valence-corrected chi connectivity index (χ2v) is 5.70. The van der Waals surface area contributed by atoms with Crippen LogP contribution in [-0.4, -0.2) is 36.6 Å². The number of pyridine rings is 1. The van der Waals surface area contributed by atoms with E-state index in [4.69, 9.17) is 0 Å². The standard InChI is InChI=1S/C15H21N3S/c1-18(13-14-4-7-16-8-5-14)11-10-17-9-6-15-3-2-12-19-15/h2-5,7-8,12,17H,6,9-11,13H2,1H3. The van der Waals surface area contributed by atoms with Crippen LogP contribution in [0.3, 0.4) is 0 Å². The Bertz CT molecular complexity index is 442. The molecule has 2 aromatic rings. The van der Waals surface area contributed by atoms with Crippen molar-refractivity contribution in [3.05, 3.63) is 52.5 Å². The summed E-state index contributed by atoms with van der Waals surface area (Å²) in [6.45, 7) is 4.14. The topological polar surface area (TPSA) is 28.2 Å². The van der Waals surface area contributed by atoms with Crippen molar-refractivity contribution in [3.8, 4) is 0 Å². The van der Waals surface area contributed by atoms with Crippen LogP contribution in [0.2, 0.25) is 0 Å². The summed E-state index contributed by atoms with van der Waals surface area (Å²) in [7, 11) is 2.15. The Kier molecular flexibility index (Phi) is 6.01. The Labute approximate surface area is 119 Å². The largest absolute Gasteiger partial charge is 0.315 e.